The molecular weight excluding hydrogens is 294 g/mol. The van der Waals surface area contributed by atoms with Crippen LogP contribution in [0, 0.1) is 5.92 Å². The molecule has 0 radical (unpaired) electrons. The predicted octanol–water partition coefficient (Wildman–Crippen LogP) is 0.624. The van der Waals surface area contributed by atoms with Gasteiger partial charge in [0.25, 0.3) is 0 Å². The standard InChI is InChI=1S/C16H19N5O2/c1-21-10-14(9-20-21)13-4-11(5-17-7-13)6-19-16(23)12-2-3-15(22)18-8-12/h4-5,7,9-10,12H,2-3,6,8H2,1H3,(H,18,22)(H,19,23). The lowest BCUT2D eigenvalue weighted by atomic mass is 9.98. The Hall–Kier alpha value is -2.70. The fraction of sp³-hybridized carbons (Fsp3) is 0.375. The van der Waals surface area contributed by atoms with Crippen LogP contribution in [-0.2, 0) is 23.2 Å². The lowest BCUT2D eigenvalue weighted by Gasteiger charge is -2.21. The third-order valence-electron chi connectivity index (χ3n) is 3.94. The van der Waals surface area contributed by atoms with E-state index in [1.807, 2.05) is 19.3 Å². The van der Waals surface area contributed by atoms with Crippen LogP contribution < -0.4 is 10.6 Å². The number of hydrogen-bond acceptors (Lipinski definition) is 4. The normalized spacial score (nSPS) is 17.6. The number of pyridine rings is 1. The molecule has 1 unspecified atom stereocenters. The Balaban J connectivity index is 1.60. The molecule has 0 aliphatic carbocycles. The summed E-state index contributed by atoms with van der Waals surface area (Å²) in [6.45, 7) is 0.836. The van der Waals surface area contributed by atoms with Crippen molar-refractivity contribution < 1.29 is 9.59 Å². The summed E-state index contributed by atoms with van der Waals surface area (Å²) in [5.74, 6) is -0.165. The fourth-order valence-corrected chi connectivity index (χ4v) is 2.60. The molecule has 1 fully saturated rings. The molecule has 0 spiro atoms. The van der Waals surface area contributed by atoms with Gasteiger partial charge in [-0.05, 0) is 18.1 Å². The minimum Gasteiger partial charge on any atom is -0.355 e. The van der Waals surface area contributed by atoms with Gasteiger partial charge in [-0.3, -0.25) is 19.3 Å². The SMILES string of the molecule is Cn1cc(-c2cncc(CNC(=O)C3CCC(=O)NC3)c2)cn1. The smallest absolute Gasteiger partial charge is 0.225 e. The predicted molar refractivity (Wildman–Crippen MR) is 84.0 cm³/mol. The number of carbonyl (C=O) groups excluding carboxylic acids is 2. The van der Waals surface area contributed by atoms with Gasteiger partial charge < -0.3 is 10.6 Å². The summed E-state index contributed by atoms with van der Waals surface area (Å²) in [4.78, 5) is 27.5. The quantitative estimate of drug-likeness (QED) is 0.866. The van der Waals surface area contributed by atoms with Gasteiger partial charge in [0.1, 0.15) is 0 Å². The van der Waals surface area contributed by atoms with Gasteiger partial charge in [0.05, 0.1) is 12.1 Å². The van der Waals surface area contributed by atoms with Crippen LogP contribution in [0.1, 0.15) is 18.4 Å². The number of aromatic nitrogens is 3. The van der Waals surface area contributed by atoms with Gasteiger partial charge in [0.15, 0.2) is 0 Å². The zero-order valence-electron chi connectivity index (χ0n) is 13.0. The zero-order chi connectivity index (χ0) is 16.2. The maximum absolute atomic E-state index is 12.1. The van der Waals surface area contributed by atoms with Crippen LogP contribution in [0.4, 0.5) is 0 Å². The molecule has 2 N–H and O–H groups in total. The first-order valence-electron chi connectivity index (χ1n) is 7.59. The lowest BCUT2D eigenvalue weighted by Crippen LogP contribution is -2.42. The van der Waals surface area contributed by atoms with Crippen LogP contribution in [0.2, 0.25) is 0 Å². The number of amides is 2. The molecule has 0 bridgehead atoms. The molecule has 0 aromatic carbocycles. The Labute approximate surface area is 134 Å². The van der Waals surface area contributed by atoms with Crippen molar-refractivity contribution in [1.29, 1.82) is 0 Å². The summed E-state index contributed by atoms with van der Waals surface area (Å²) in [6.07, 6.45) is 8.23. The molecule has 23 heavy (non-hydrogen) atoms. The first-order chi connectivity index (χ1) is 11.1. The number of piperidine rings is 1. The molecule has 0 saturated carbocycles. The lowest BCUT2D eigenvalue weighted by molar-refractivity contribution is -0.129. The number of aryl methyl sites for hydroxylation is 1. The van der Waals surface area contributed by atoms with Crippen molar-refractivity contribution >= 4 is 11.8 Å². The van der Waals surface area contributed by atoms with Crippen molar-refractivity contribution in [2.24, 2.45) is 13.0 Å². The monoisotopic (exact) mass is 313 g/mol. The second-order valence-electron chi connectivity index (χ2n) is 5.74. The molecule has 7 heteroatoms. The summed E-state index contributed by atoms with van der Waals surface area (Å²) in [7, 11) is 1.87. The summed E-state index contributed by atoms with van der Waals surface area (Å²) in [5, 5.41) is 9.79. The molecule has 1 atom stereocenters. The van der Waals surface area contributed by atoms with E-state index in [4.69, 9.17) is 0 Å². The number of rotatable bonds is 4. The van der Waals surface area contributed by atoms with Gasteiger partial charge in [-0.2, -0.15) is 5.10 Å². The molecule has 1 aliphatic rings. The van der Waals surface area contributed by atoms with Gasteiger partial charge >= 0.3 is 0 Å². The highest BCUT2D eigenvalue weighted by Gasteiger charge is 2.24. The van der Waals surface area contributed by atoms with Crippen LogP contribution in [0.3, 0.4) is 0 Å². The second-order valence-corrected chi connectivity index (χ2v) is 5.74. The van der Waals surface area contributed by atoms with Gasteiger partial charge in [-0.15, -0.1) is 0 Å². The Morgan fingerprint density at radius 1 is 1.39 bits per heavy atom. The van der Waals surface area contributed by atoms with Gasteiger partial charge in [-0.1, -0.05) is 0 Å². The summed E-state index contributed by atoms with van der Waals surface area (Å²) in [6, 6.07) is 1.99. The molecule has 2 amide bonds. The fourth-order valence-electron chi connectivity index (χ4n) is 2.60. The van der Waals surface area contributed by atoms with Crippen molar-refractivity contribution in [1.82, 2.24) is 25.4 Å². The first-order valence-corrected chi connectivity index (χ1v) is 7.59. The molecule has 2 aromatic rings. The number of carbonyl (C=O) groups is 2. The van der Waals surface area contributed by atoms with Crippen LogP contribution in [0.25, 0.3) is 11.1 Å². The first kappa shape index (κ1) is 15.2. The van der Waals surface area contributed by atoms with Crippen molar-refractivity contribution in [3.63, 3.8) is 0 Å². The maximum Gasteiger partial charge on any atom is 0.225 e. The van der Waals surface area contributed by atoms with E-state index in [0.717, 1.165) is 16.7 Å². The highest BCUT2D eigenvalue weighted by molar-refractivity contribution is 5.83. The third kappa shape index (κ3) is 3.74. The van der Waals surface area contributed by atoms with Gasteiger partial charge in [0.2, 0.25) is 11.8 Å². The molecular formula is C16H19N5O2. The maximum atomic E-state index is 12.1. The van der Waals surface area contributed by atoms with Crippen LogP contribution >= 0.6 is 0 Å². The van der Waals surface area contributed by atoms with E-state index in [1.54, 1.807) is 23.3 Å². The molecule has 3 heterocycles. The van der Waals surface area contributed by atoms with Gasteiger partial charge in [0, 0.05) is 56.3 Å². The summed E-state index contributed by atoms with van der Waals surface area (Å²) < 4.78 is 1.74. The molecule has 7 nitrogen and oxygen atoms in total. The van der Waals surface area contributed by atoms with E-state index < -0.39 is 0 Å². The topological polar surface area (TPSA) is 88.9 Å². The van der Waals surface area contributed by atoms with Crippen molar-refractivity contribution in [2.75, 3.05) is 6.54 Å². The summed E-state index contributed by atoms with van der Waals surface area (Å²) >= 11 is 0. The van der Waals surface area contributed by atoms with Crippen LogP contribution in [-0.4, -0.2) is 33.1 Å². The summed E-state index contributed by atoms with van der Waals surface area (Å²) in [5.41, 5.74) is 2.89. The Morgan fingerprint density at radius 2 is 2.26 bits per heavy atom. The van der Waals surface area contributed by atoms with Crippen molar-refractivity contribution in [2.45, 2.75) is 19.4 Å². The highest BCUT2D eigenvalue weighted by atomic mass is 16.2. The molecule has 120 valence electrons. The number of hydrogen-bond donors (Lipinski definition) is 2. The van der Waals surface area contributed by atoms with Crippen molar-refractivity contribution in [3.8, 4) is 11.1 Å². The van der Waals surface area contributed by atoms with Gasteiger partial charge in [-0.25, -0.2) is 0 Å². The Morgan fingerprint density at radius 3 is 2.96 bits per heavy atom. The van der Waals surface area contributed by atoms with E-state index in [-0.39, 0.29) is 17.7 Å². The zero-order valence-corrected chi connectivity index (χ0v) is 13.0. The molecule has 2 aromatic heterocycles. The van der Waals surface area contributed by atoms with Crippen LogP contribution in [0.5, 0.6) is 0 Å². The Bertz CT molecular complexity index is 715. The minimum atomic E-state index is -0.151. The van der Waals surface area contributed by atoms with E-state index in [9.17, 15) is 9.59 Å². The molecule has 1 aliphatic heterocycles. The third-order valence-corrected chi connectivity index (χ3v) is 3.94. The van der Waals surface area contributed by atoms with Crippen molar-refractivity contribution in [3.05, 3.63) is 36.4 Å². The minimum absolute atomic E-state index is 0.0161. The van der Waals surface area contributed by atoms with E-state index in [1.165, 1.54) is 0 Å². The number of nitrogens with one attached hydrogen (secondary N) is 2. The second kappa shape index (κ2) is 6.60. The van der Waals surface area contributed by atoms with E-state index in [2.05, 4.69) is 20.7 Å². The largest absolute Gasteiger partial charge is 0.355 e. The average Bonchev–Trinajstić information content (AvgIpc) is 3.00. The molecule has 3 rings (SSSR count). The average molecular weight is 313 g/mol. The van der Waals surface area contributed by atoms with Crippen LogP contribution in [0.15, 0.2) is 30.9 Å². The number of nitrogens with zero attached hydrogens (tertiary/aromatic N) is 3. The Kier molecular flexibility index (Phi) is 4.36. The molecule has 1 saturated heterocycles. The van der Waals surface area contributed by atoms with E-state index >= 15 is 0 Å². The highest BCUT2D eigenvalue weighted by Crippen LogP contribution is 2.18. The van der Waals surface area contributed by atoms with E-state index in [0.29, 0.717) is 25.9 Å².